The maximum absolute atomic E-state index is 15.5. The molecule has 2 aromatic carbocycles. The summed E-state index contributed by atoms with van der Waals surface area (Å²) in [5, 5.41) is 28.7. The molecular formula is C30H30F3NO10S. The number of carbonyl (C=O) groups is 4. The number of phenolic OH excluding ortho intramolecular Hbond substituents is 1. The summed E-state index contributed by atoms with van der Waals surface area (Å²) in [6.45, 7) is 1.83. The van der Waals surface area contributed by atoms with E-state index in [-0.39, 0.29) is 77.4 Å². The highest BCUT2D eigenvalue weighted by atomic mass is 32.1. The molecule has 1 aliphatic heterocycles. The number of carboxylic acids is 2. The minimum atomic E-state index is -1.17. The van der Waals surface area contributed by atoms with E-state index in [1.807, 2.05) is 0 Å². The van der Waals surface area contributed by atoms with Gasteiger partial charge in [-0.05, 0) is 12.1 Å². The van der Waals surface area contributed by atoms with E-state index >= 15 is 8.78 Å². The Morgan fingerprint density at radius 1 is 0.889 bits per heavy atom. The van der Waals surface area contributed by atoms with Gasteiger partial charge in [-0.2, -0.15) is 0 Å². The molecule has 0 spiro atoms. The number of Topliss-reactive ketones (excluding diaryl/α,β-unsaturated/α-hetero) is 1. The molecule has 0 saturated heterocycles. The number of aromatic hydroxyl groups is 1. The van der Waals surface area contributed by atoms with Gasteiger partial charge in [-0.1, -0.05) is 13.8 Å². The molecule has 0 radical (unpaired) electrons. The molecule has 2 heterocycles. The highest BCUT2D eigenvalue weighted by molar-refractivity contribution is 7.20. The zero-order valence-electron chi connectivity index (χ0n) is 24.4. The summed E-state index contributed by atoms with van der Waals surface area (Å²) >= 11 is 0.781. The van der Waals surface area contributed by atoms with Crippen LogP contribution in [0.5, 0.6) is 23.0 Å². The fraction of sp³-hybridized carbons (Fsp3) is 0.400. The van der Waals surface area contributed by atoms with Crippen molar-refractivity contribution in [2.45, 2.75) is 46.2 Å². The molecule has 45 heavy (non-hydrogen) atoms. The minimum Gasteiger partial charge on any atom is -0.502 e. The maximum atomic E-state index is 15.5. The van der Waals surface area contributed by atoms with Crippen LogP contribution in [0.15, 0.2) is 12.1 Å². The van der Waals surface area contributed by atoms with Crippen LogP contribution < -0.4 is 14.2 Å². The first kappa shape index (κ1) is 33.4. The Kier molecular flexibility index (Phi) is 10.1. The van der Waals surface area contributed by atoms with Crippen LogP contribution in [-0.2, 0) is 27.5 Å². The van der Waals surface area contributed by atoms with Crippen LogP contribution >= 0.6 is 11.3 Å². The van der Waals surface area contributed by atoms with Crippen molar-refractivity contribution in [2.24, 2.45) is 11.8 Å². The average Bonchev–Trinajstić information content (AvgIpc) is 3.63. The molecule has 1 amide bonds. The normalized spacial score (nSPS) is 13.8. The first-order valence-electron chi connectivity index (χ1n) is 13.8. The van der Waals surface area contributed by atoms with Gasteiger partial charge in [0.1, 0.15) is 0 Å². The summed E-state index contributed by atoms with van der Waals surface area (Å²) < 4.78 is 61.6. The van der Waals surface area contributed by atoms with Crippen molar-refractivity contribution in [2.75, 3.05) is 20.3 Å². The number of thiophene rings is 1. The number of ether oxygens (including phenoxy) is 3. The predicted octanol–water partition coefficient (Wildman–Crippen LogP) is 5.13. The molecule has 4 rings (SSSR count). The fourth-order valence-electron chi connectivity index (χ4n) is 4.71. The number of benzene rings is 2. The van der Waals surface area contributed by atoms with Gasteiger partial charge < -0.3 is 34.4 Å². The van der Waals surface area contributed by atoms with Crippen molar-refractivity contribution in [1.29, 1.82) is 0 Å². The van der Waals surface area contributed by atoms with Gasteiger partial charge in [0, 0.05) is 48.9 Å². The number of aliphatic carboxylic acids is 2. The Hall–Kier alpha value is -4.53. The van der Waals surface area contributed by atoms with Crippen LogP contribution in [0.4, 0.5) is 13.2 Å². The van der Waals surface area contributed by atoms with Crippen molar-refractivity contribution in [3.8, 4) is 23.0 Å². The third kappa shape index (κ3) is 6.92. The Morgan fingerprint density at radius 3 is 2.07 bits per heavy atom. The van der Waals surface area contributed by atoms with Crippen LogP contribution in [0.2, 0.25) is 0 Å². The lowest BCUT2D eigenvalue weighted by Crippen LogP contribution is -2.28. The molecule has 0 aliphatic carbocycles. The third-order valence-electron chi connectivity index (χ3n) is 7.32. The quantitative estimate of drug-likeness (QED) is 0.157. The molecule has 15 heteroatoms. The maximum Gasteiger partial charge on any atom is 0.306 e. The summed E-state index contributed by atoms with van der Waals surface area (Å²) in [7, 11) is 1.12. The Bertz CT molecular complexity index is 1670. The Labute approximate surface area is 258 Å². The zero-order valence-corrected chi connectivity index (χ0v) is 25.3. The summed E-state index contributed by atoms with van der Waals surface area (Å²) in [6.07, 6.45) is -0.545. The van der Waals surface area contributed by atoms with Gasteiger partial charge in [-0.25, -0.2) is 13.2 Å². The van der Waals surface area contributed by atoms with E-state index in [2.05, 4.69) is 0 Å². The van der Waals surface area contributed by atoms with E-state index in [1.54, 1.807) is 0 Å². The van der Waals surface area contributed by atoms with Crippen LogP contribution in [0.25, 0.3) is 10.1 Å². The van der Waals surface area contributed by atoms with Crippen LogP contribution in [0.1, 0.15) is 53.9 Å². The number of amides is 1. The second kappa shape index (κ2) is 13.6. The van der Waals surface area contributed by atoms with Gasteiger partial charge in [-0.15, -0.1) is 11.3 Å². The second-order valence-electron chi connectivity index (χ2n) is 10.6. The van der Waals surface area contributed by atoms with E-state index < -0.39 is 70.2 Å². The van der Waals surface area contributed by atoms with E-state index in [0.717, 1.165) is 23.3 Å². The number of hydrogen-bond acceptors (Lipinski definition) is 9. The summed E-state index contributed by atoms with van der Waals surface area (Å²) in [4.78, 5) is 48.4. The highest BCUT2D eigenvalue weighted by Crippen LogP contribution is 2.43. The van der Waals surface area contributed by atoms with Crippen LogP contribution in [-0.4, -0.2) is 64.2 Å². The molecule has 2 atom stereocenters. The fourth-order valence-corrected chi connectivity index (χ4v) is 5.73. The zero-order chi connectivity index (χ0) is 33.2. The lowest BCUT2D eigenvalue weighted by molar-refractivity contribution is -0.145. The molecule has 1 aromatic heterocycles. The molecule has 1 aliphatic rings. The predicted molar refractivity (Wildman–Crippen MR) is 153 cm³/mol. The smallest absolute Gasteiger partial charge is 0.306 e. The summed E-state index contributed by atoms with van der Waals surface area (Å²) in [6, 6.07) is 2.71. The second-order valence-corrected chi connectivity index (χ2v) is 11.7. The molecule has 0 saturated carbocycles. The standard InChI is InChI=1S/C30H30F3NO10S/c1-13(29(38)39)7-18(35)20-10-15-9-19(25(37)24(33)28(15)45-20)43-5-4-6-44-27-23(32)17-12-34(21(36)8-14(2)30(40)41)11-16(17)22(31)26(27)42-3/h9-10,13-14,37H,4-8,11-12H2,1-3H3,(H,38,39)(H,40,41)/t13-,14-/m0/s1. The number of methoxy groups -OCH3 is 1. The monoisotopic (exact) mass is 653 g/mol. The van der Waals surface area contributed by atoms with Crippen LogP contribution in [0, 0.1) is 29.3 Å². The first-order chi connectivity index (χ1) is 21.2. The highest BCUT2D eigenvalue weighted by Gasteiger charge is 2.35. The number of hydrogen-bond donors (Lipinski definition) is 3. The minimum absolute atomic E-state index is 0.00705. The van der Waals surface area contributed by atoms with E-state index in [1.165, 1.54) is 26.0 Å². The van der Waals surface area contributed by atoms with Crippen molar-refractivity contribution in [1.82, 2.24) is 4.90 Å². The largest absolute Gasteiger partial charge is 0.502 e. The molecule has 242 valence electrons. The average molecular weight is 654 g/mol. The Morgan fingerprint density at radius 2 is 1.47 bits per heavy atom. The van der Waals surface area contributed by atoms with Crippen molar-refractivity contribution < 1.29 is 61.9 Å². The third-order valence-corrected chi connectivity index (χ3v) is 8.51. The number of halogens is 3. The first-order valence-corrected chi connectivity index (χ1v) is 14.6. The molecule has 11 nitrogen and oxygen atoms in total. The van der Waals surface area contributed by atoms with Gasteiger partial charge in [0.25, 0.3) is 0 Å². The van der Waals surface area contributed by atoms with Crippen LogP contribution in [0.3, 0.4) is 0 Å². The molecule has 0 bridgehead atoms. The lowest BCUT2D eigenvalue weighted by atomic mass is 10.0. The van der Waals surface area contributed by atoms with Gasteiger partial charge in [-0.3, -0.25) is 19.2 Å². The summed E-state index contributed by atoms with van der Waals surface area (Å²) in [5.74, 6) is -10.2. The van der Waals surface area contributed by atoms with E-state index in [0.29, 0.717) is 0 Å². The van der Waals surface area contributed by atoms with Gasteiger partial charge in [0.05, 0.1) is 41.7 Å². The topological polar surface area (TPSA) is 160 Å². The summed E-state index contributed by atoms with van der Waals surface area (Å²) in [5.41, 5.74) is -0.213. The number of fused-ring (bicyclic) bond motifs is 2. The molecule has 0 unspecified atom stereocenters. The Balaban J connectivity index is 1.41. The number of ketones is 1. The number of carbonyl (C=O) groups excluding carboxylic acids is 2. The van der Waals surface area contributed by atoms with Gasteiger partial charge in [0.2, 0.25) is 11.7 Å². The molecule has 3 N–H and O–H groups in total. The lowest BCUT2D eigenvalue weighted by Gasteiger charge is -2.16. The number of phenols is 1. The van der Waals surface area contributed by atoms with E-state index in [4.69, 9.17) is 24.4 Å². The number of rotatable bonds is 14. The SMILES string of the molecule is COc1c(F)c2c(c(F)c1OCCCOc1cc3cc(C(=O)C[C@H](C)C(=O)O)sc3c(F)c1O)CN(C(=O)C[C@H](C)C(=O)O)C2. The van der Waals surface area contributed by atoms with Gasteiger partial charge in [0.15, 0.2) is 40.5 Å². The molecular weight excluding hydrogens is 623 g/mol. The van der Waals surface area contributed by atoms with Gasteiger partial charge >= 0.3 is 11.9 Å². The van der Waals surface area contributed by atoms with Crippen molar-refractivity contribution in [3.05, 3.63) is 45.6 Å². The van der Waals surface area contributed by atoms with E-state index in [9.17, 15) is 28.7 Å². The number of nitrogens with zero attached hydrogens (tertiary/aromatic N) is 1. The molecule has 0 fully saturated rings. The van der Waals surface area contributed by atoms with Crippen molar-refractivity contribution >= 4 is 45.1 Å². The van der Waals surface area contributed by atoms with Crippen molar-refractivity contribution in [3.63, 3.8) is 0 Å². The molecule has 3 aromatic rings. The number of carboxylic acid groups (broad SMARTS) is 2.